The molecule has 0 atom stereocenters. The first-order valence-corrected chi connectivity index (χ1v) is 4.93. The minimum Gasteiger partial charge on any atom is -0.497 e. The predicted octanol–water partition coefficient (Wildman–Crippen LogP) is 1.68. The lowest BCUT2D eigenvalue weighted by Gasteiger charge is -2.05. The van der Waals surface area contributed by atoms with Crippen molar-refractivity contribution in [3.63, 3.8) is 0 Å². The van der Waals surface area contributed by atoms with Gasteiger partial charge in [-0.3, -0.25) is 4.79 Å². The lowest BCUT2D eigenvalue weighted by atomic mass is 10.2. The van der Waals surface area contributed by atoms with Gasteiger partial charge in [0.15, 0.2) is 5.43 Å². The van der Waals surface area contributed by atoms with Gasteiger partial charge in [0, 0.05) is 29.8 Å². The molecule has 0 radical (unpaired) electrons. The van der Waals surface area contributed by atoms with Crippen molar-refractivity contribution in [2.75, 3.05) is 14.2 Å². The van der Waals surface area contributed by atoms with E-state index >= 15 is 0 Å². The standard InChI is InChI=1S/C12H13NO3/c1-15-7-8-5-12(14)10-6-9(16-2)3-4-11(10)13-8/h3-6H,7H2,1-2H3,(H,13,14). The summed E-state index contributed by atoms with van der Waals surface area (Å²) in [7, 11) is 3.17. The third-order valence-electron chi connectivity index (χ3n) is 2.39. The van der Waals surface area contributed by atoms with E-state index in [1.807, 2.05) is 12.1 Å². The van der Waals surface area contributed by atoms with E-state index in [-0.39, 0.29) is 5.43 Å². The number of hydrogen-bond donors (Lipinski definition) is 1. The van der Waals surface area contributed by atoms with Gasteiger partial charge in [-0.25, -0.2) is 0 Å². The molecule has 2 rings (SSSR count). The Morgan fingerprint density at radius 1 is 1.25 bits per heavy atom. The Bertz CT molecular complexity index is 560. The van der Waals surface area contributed by atoms with Crippen LogP contribution in [0.2, 0.25) is 0 Å². The largest absolute Gasteiger partial charge is 0.497 e. The molecule has 1 aromatic heterocycles. The van der Waals surface area contributed by atoms with Gasteiger partial charge in [-0.1, -0.05) is 0 Å². The Hall–Kier alpha value is -1.81. The molecule has 1 N–H and O–H groups in total. The van der Waals surface area contributed by atoms with Crippen LogP contribution in [0.4, 0.5) is 0 Å². The van der Waals surface area contributed by atoms with Crippen LogP contribution in [0.25, 0.3) is 10.9 Å². The maximum Gasteiger partial charge on any atom is 0.189 e. The molecular formula is C12H13NO3. The third kappa shape index (κ3) is 1.92. The van der Waals surface area contributed by atoms with Gasteiger partial charge in [-0.15, -0.1) is 0 Å². The van der Waals surface area contributed by atoms with Crippen LogP contribution in [0, 0.1) is 0 Å². The molecule has 2 aromatic rings. The maximum absolute atomic E-state index is 11.8. The topological polar surface area (TPSA) is 51.3 Å². The molecule has 0 spiro atoms. The number of nitrogens with one attached hydrogen (secondary N) is 1. The Labute approximate surface area is 92.8 Å². The number of ether oxygens (including phenoxy) is 2. The van der Waals surface area contributed by atoms with E-state index in [0.717, 1.165) is 11.2 Å². The molecule has 0 bridgehead atoms. The second-order valence-corrected chi connectivity index (χ2v) is 3.50. The summed E-state index contributed by atoms with van der Waals surface area (Å²) in [6.45, 7) is 0.400. The van der Waals surface area contributed by atoms with E-state index in [1.165, 1.54) is 0 Å². The minimum absolute atomic E-state index is 0.0281. The van der Waals surface area contributed by atoms with Gasteiger partial charge in [0.05, 0.1) is 13.7 Å². The zero-order valence-corrected chi connectivity index (χ0v) is 9.24. The highest BCUT2D eigenvalue weighted by Crippen LogP contribution is 2.16. The summed E-state index contributed by atoms with van der Waals surface area (Å²) in [6.07, 6.45) is 0. The van der Waals surface area contributed by atoms with Crippen LogP contribution < -0.4 is 10.2 Å². The number of aromatic amines is 1. The van der Waals surface area contributed by atoms with Crippen molar-refractivity contribution in [2.24, 2.45) is 0 Å². The van der Waals surface area contributed by atoms with E-state index in [0.29, 0.717) is 17.7 Å². The predicted molar refractivity (Wildman–Crippen MR) is 61.8 cm³/mol. The van der Waals surface area contributed by atoms with Gasteiger partial charge < -0.3 is 14.5 Å². The molecule has 0 saturated heterocycles. The number of rotatable bonds is 3. The Kier molecular flexibility index (Phi) is 2.92. The van der Waals surface area contributed by atoms with E-state index < -0.39 is 0 Å². The SMILES string of the molecule is COCc1cc(=O)c2cc(OC)ccc2[nH]1. The molecule has 0 aliphatic heterocycles. The third-order valence-corrected chi connectivity index (χ3v) is 2.39. The smallest absolute Gasteiger partial charge is 0.189 e. The molecule has 0 saturated carbocycles. The molecule has 0 amide bonds. The van der Waals surface area contributed by atoms with E-state index in [9.17, 15) is 4.79 Å². The number of fused-ring (bicyclic) bond motifs is 1. The normalized spacial score (nSPS) is 10.6. The van der Waals surface area contributed by atoms with Crippen LogP contribution in [0.5, 0.6) is 5.75 Å². The lowest BCUT2D eigenvalue weighted by Crippen LogP contribution is -2.06. The molecule has 0 unspecified atom stereocenters. The summed E-state index contributed by atoms with van der Waals surface area (Å²) in [5.41, 5.74) is 1.53. The van der Waals surface area contributed by atoms with Crippen molar-refractivity contribution in [1.29, 1.82) is 0 Å². The summed E-state index contributed by atoms with van der Waals surface area (Å²) < 4.78 is 10.1. The van der Waals surface area contributed by atoms with Crippen LogP contribution in [0.1, 0.15) is 5.69 Å². The molecule has 0 aliphatic rings. The number of aromatic nitrogens is 1. The zero-order valence-electron chi connectivity index (χ0n) is 9.24. The van der Waals surface area contributed by atoms with E-state index in [4.69, 9.17) is 9.47 Å². The van der Waals surface area contributed by atoms with Gasteiger partial charge >= 0.3 is 0 Å². The minimum atomic E-state index is -0.0281. The highest BCUT2D eigenvalue weighted by Gasteiger charge is 2.03. The van der Waals surface area contributed by atoms with Gasteiger partial charge in [-0.2, -0.15) is 0 Å². The summed E-state index contributed by atoms with van der Waals surface area (Å²) in [5, 5.41) is 0.624. The fourth-order valence-corrected chi connectivity index (χ4v) is 1.64. The van der Waals surface area contributed by atoms with Crippen molar-refractivity contribution in [1.82, 2.24) is 4.98 Å². The molecule has 16 heavy (non-hydrogen) atoms. The average Bonchev–Trinajstić information content (AvgIpc) is 2.29. The Morgan fingerprint density at radius 2 is 2.06 bits per heavy atom. The fourth-order valence-electron chi connectivity index (χ4n) is 1.64. The molecule has 1 aromatic carbocycles. The molecule has 4 heteroatoms. The summed E-state index contributed by atoms with van der Waals surface area (Å²) in [6, 6.07) is 6.92. The first-order valence-electron chi connectivity index (χ1n) is 4.93. The Balaban J connectivity index is 2.62. The van der Waals surface area contributed by atoms with Crippen molar-refractivity contribution in [3.8, 4) is 5.75 Å². The number of pyridine rings is 1. The van der Waals surface area contributed by atoms with Crippen molar-refractivity contribution in [2.45, 2.75) is 6.61 Å². The first kappa shape index (κ1) is 10.7. The van der Waals surface area contributed by atoms with Crippen LogP contribution >= 0.6 is 0 Å². The Morgan fingerprint density at radius 3 is 2.75 bits per heavy atom. The van der Waals surface area contributed by atoms with Crippen LogP contribution in [0.3, 0.4) is 0 Å². The van der Waals surface area contributed by atoms with Crippen molar-refractivity contribution >= 4 is 10.9 Å². The van der Waals surface area contributed by atoms with Crippen molar-refractivity contribution < 1.29 is 9.47 Å². The van der Waals surface area contributed by atoms with Crippen LogP contribution in [-0.4, -0.2) is 19.2 Å². The number of methoxy groups -OCH3 is 2. The van der Waals surface area contributed by atoms with E-state index in [1.54, 1.807) is 26.4 Å². The maximum atomic E-state index is 11.8. The summed E-state index contributed by atoms with van der Waals surface area (Å²) in [4.78, 5) is 15.0. The lowest BCUT2D eigenvalue weighted by molar-refractivity contribution is 0.181. The average molecular weight is 219 g/mol. The molecule has 4 nitrogen and oxygen atoms in total. The van der Waals surface area contributed by atoms with Crippen LogP contribution in [0.15, 0.2) is 29.1 Å². The monoisotopic (exact) mass is 219 g/mol. The van der Waals surface area contributed by atoms with Crippen molar-refractivity contribution in [3.05, 3.63) is 40.2 Å². The van der Waals surface area contributed by atoms with E-state index in [2.05, 4.69) is 4.98 Å². The number of H-pyrrole nitrogens is 1. The molecule has 0 fully saturated rings. The molecule has 0 aliphatic carbocycles. The van der Waals surface area contributed by atoms with Crippen LogP contribution in [-0.2, 0) is 11.3 Å². The van der Waals surface area contributed by atoms with Gasteiger partial charge in [0.25, 0.3) is 0 Å². The highest BCUT2D eigenvalue weighted by molar-refractivity contribution is 5.80. The number of hydrogen-bond acceptors (Lipinski definition) is 3. The fraction of sp³-hybridized carbons (Fsp3) is 0.250. The van der Waals surface area contributed by atoms with Gasteiger partial charge in [-0.05, 0) is 18.2 Å². The zero-order chi connectivity index (χ0) is 11.5. The second kappa shape index (κ2) is 4.37. The molecule has 84 valence electrons. The first-order chi connectivity index (χ1) is 7.74. The summed E-state index contributed by atoms with van der Waals surface area (Å²) >= 11 is 0. The number of benzene rings is 1. The molecular weight excluding hydrogens is 206 g/mol. The quantitative estimate of drug-likeness (QED) is 0.854. The van der Waals surface area contributed by atoms with Gasteiger partial charge in [0.2, 0.25) is 0 Å². The highest BCUT2D eigenvalue weighted by atomic mass is 16.5. The second-order valence-electron chi connectivity index (χ2n) is 3.50. The molecule has 1 heterocycles. The summed E-state index contributed by atoms with van der Waals surface area (Å²) in [5.74, 6) is 0.678. The van der Waals surface area contributed by atoms with Gasteiger partial charge in [0.1, 0.15) is 5.75 Å².